The van der Waals surface area contributed by atoms with Crippen LogP contribution in [-0.4, -0.2) is 303 Å². The number of nitrogens with one attached hydrogen (secondary N) is 8. The third-order valence-electron chi connectivity index (χ3n) is 16.2. The lowest BCUT2D eigenvalue weighted by molar-refractivity contribution is -0.142. The maximum atomic E-state index is 14.0. The third kappa shape index (κ3) is 30.0. The first-order valence-electron chi connectivity index (χ1n) is 32.8. The van der Waals surface area contributed by atoms with Gasteiger partial charge in [0.05, 0.1) is 63.0 Å². The van der Waals surface area contributed by atoms with Gasteiger partial charge < -0.3 is 87.9 Å². The number of aliphatic carboxylic acids is 7. The molecule has 15 N–H and O–H groups in total. The van der Waals surface area contributed by atoms with Crippen molar-refractivity contribution in [3.8, 4) is 11.8 Å². The van der Waals surface area contributed by atoms with E-state index in [1.165, 1.54) is 30.5 Å². The Morgan fingerprint density at radius 3 is 1.58 bits per heavy atom. The number of nitrogens with zero attached hydrogens (tertiary/aromatic N) is 7. The monoisotopic (exact) mass is 1450 g/mol. The molecule has 0 aliphatic carbocycles. The molecule has 8 amide bonds. The van der Waals surface area contributed by atoms with Gasteiger partial charge in [-0.2, -0.15) is 5.26 Å². The molecule has 3 unspecified atom stereocenters. The molecule has 0 bridgehead atoms. The number of benzene rings is 2. The fourth-order valence-electron chi connectivity index (χ4n) is 10.8. The van der Waals surface area contributed by atoms with Gasteiger partial charge in [-0.3, -0.25) is 72.5 Å². The molecule has 0 radical (unpaired) electrons. The minimum Gasteiger partial charge on any atom is -0.494 e. The lowest BCUT2D eigenvalue weighted by Crippen LogP contribution is -2.51. The summed E-state index contributed by atoms with van der Waals surface area (Å²) >= 11 is 0. The summed E-state index contributed by atoms with van der Waals surface area (Å²) < 4.78 is 33.9. The summed E-state index contributed by atoms with van der Waals surface area (Å²) in [7, 11) is 0. The number of unbranched alkanes of at least 4 members (excludes halogenated alkanes) is 2. The molecule has 1 aromatic heterocycles. The Kier molecular flexibility index (Phi) is 33.5. The number of carboxylic acid groups (broad SMARTS) is 7. The molecular formula is C64H85F2N15O22. The Morgan fingerprint density at radius 1 is 0.553 bits per heavy atom. The van der Waals surface area contributed by atoms with Crippen molar-refractivity contribution < 1.29 is 116 Å². The number of aromatic nitrogens is 1. The summed E-state index contributed by atoms with van der Waals surface area (Å²) in [6.07, 6.45) is -0.881. The number of alkyl halides is 2. The molecule has 37 nitrogen and oxygen atoms in total. The highest BCUT2D eigenvalue weighted by atomic mass is 19.3. The van der Waals surface area contributed by atoms with Gasteiger partial charge in [0.2, 0.25) is 17.7 Å². The van der Waals surface area contributed by atoms with Crippen LogP contribution < -0.4 is 47.3 Å². The molecular weight excluding hydrogens is 1370 g/mol. The van der Waals surface area contributed by atoms with Crippen molar-refractivity contribution in [2.45, 2.75) is 94.3 Å². The molecule has 2 aliphatic heterocycles. The molecule has 2 saturated heterocycles. The van der Waals surface area contributed by atoms with Gasteiger partial charge in [0.25, 0.3) is 23.6 Å². The first kappa shape index (κ1) is 82.7. The van der Waals surface area contributed by atoms with Crippen LogP contribution in [0.1, 0.15) is 95.3 Å². The van der Waals surface area contributed by atoms with Gasteiger partial charge >= 0.3 is 47.8 Å². The lowest BCUT2D eigenvalue weighted by Gasteiger charge is -2.32. The number of ether oxygens (including phenoxy) is 1. The highest BCUT2D eigenvalue weighted by Gasteiger charge is 2.47. The average Bonchev–Trinajstić information content (AvgIpc) is 1.79. The highest BCUT2D eigenvalue weighted by molar-refractivity contribution is 6.07. The van der Waals surface area contributed by atoms with Crippen LogP contribution in [-0.2, 0) is 47.9 Å². The van der Waals surface area contributed by atoms with Crippen LogP contribution in [0.4, 0.5) is 19.3 Å². The number of carbonyl (C=O) groups excluding carboxylic acids is 7. The quantitative estimate of drug-likeness (QED) is 0.0292. The Bertz CT molecular complexity index is 3550. The number of carboxylic acids is 7. The van der Waals surface area contributed by atoms with E-state index < -0.39 is 159 Å². The number of hydrogen-bond acceptors (Lipinski definition) is 22. The van der Waals surface area contributed by atoms with Crippen LogP contribution in [0.25, 0.3) is 10.9 Å². The molecule has 39 heteroatoms. The van der Waals surface area contributed by atoms with Crippen LogP contribution in [0.15, 0.2) is 48.7 Å². The number of rotatable bonds is 40. The van der Waals surface area contributed by atoms with Crippen molar-refractivity contribution in [3.63, 3.8) is 0 Å². The smallest absolute Gasteiger partial charge is 0.326 e. The Hall–Kier alpha value is -11.0. The maximum Gasteiger partial charge on any atom is 0.326 e. The second-order valence-corrected chi connectivity index (χ2v) is 24.2. The topological polar surface area (TPSA) is 539 Å². The fraction of sp³-hybridized carbons (Fsp3) is 0.531. The number of likely N-dealkylation sites (tertiary alicyclic amines) is 1. The molecule has 4 atom stereocenters. The minimum absolute atomic E-state index is 0.000800. The van der Waals surface area contributed by atoms with Crippen molar-refractivity contribution in [1.82, 2.24) is 66.7 Å². The highest BCUT2D eigenvalue weighted by Crippen LogP contribution is 2.32. The predicted octanol–water partition coefficient (Wildman–Crippen LogP) is -1.36. The molecule has 2 fully saturated rings. The van der Waals surface area contributed by atoms with E-state index in [1.807, 2.05) is 10.6 Å². The summed E-state index contributed by atoms with van der Waals surface area (Å²) in [6, 6.07) is 4.52. The van der Waals surface area contributed by atoms with E-state index in [1.54, 1.807) is 43.9 Å². The largest absolute Gasteiger partial charge is 0.494 e. The van der Waals surface area contributed by atoms with Gasteiger partial charge in [0, 0.05) is 126 Å². The summed E-state index contributed by atoms with van der Waals surface area (Å²) in [6.45, 7) is -1.18. The molecule has 3 aromatic rings. The number of urea groups is 1. The predicted molar refractivity (Wildman–Crippen MR) is 355 cm³/mol. The van der Waals surface area contributed by atoms with E-state index in [0.29, 0.717) is 29.5 Å². The molecule has 3 heterocycles. The Labute approximate surface area is 587 Å². The number of pyridine rings is 1. The SMILES string of the molecule is N#C[C@@H]1CC(F)(F)CN1C(=O)CNC(=O)c1ccnc2ccc(OCCCCNC(=O)c3cc(NCCNC(=O)CN4CCN(CC(=O)O)CCN(CC(=O)O)CCN(CC(=O)O)CC4)cc(C(=O)NCCCCC(NC(=O)CCC(NC(=O)NC(CCC(=O)O)C(=O)O)C(=O)O)C(=O)O)c3)cc12. The molecule has 562 valence electrons. The molecule has 103 heavy (non-hydrogen) atoms. The standard InChI is InChI=1S/C64H85F2N15O22/c65-64(66)31-42(32-67)81(38-64)52(84)33-73-59(95)44-12-15-69-46-7-6-43(30-45(44)46)103-26-4-3-14-72-58(94)40-27-39(57(93)71-13-2-1-5-47(60(96)97)74-50(82)10-8-48(61(98)99)75-63(102)76-49(62(100)101)9-11-53(85)86)28-41(29-40)68-16-17-70-51(83)34-77-18-20-78(35-54(87)88)22-24-80(37-56(91)92)25-23-79(21-19-77)36-55(89)90/h6-7,12,15,27-30,42,47-49,68H,1-5,8-11,13-14,16-26,31,33-38H2,(H,70,83)(H,71,93)(H,72,94)(H,73,95)(H,74,82)(H,85,86)(H,87,88)(H,89,90)(H,91,92)(H,96,97)(H,98,99)(H,100,101)(H2,75,76,102)/t42-,47?,48?,49?/m0/s1. The van der Waals surface area contributed by atoms with Crippen LogP contribution in [0, 0.1) is 11.3 Å². The molecule has 0 spiro atoms. The number of carbonyl (C=O) groups is 14. The second-order valence-electron chi connectivity index (χ2n) is 24.2. The first-order chi connectivity index (χ1) is 48.9. The summed E-state index contributed by atoms with van der Waals surface area (Å²) in [5, 5.41) is 96.0. The van der Waals surface area contributed by atoms with Gasteiger partial charge in [-0.05, 0) is 87.4 Å². The normalized spacial score (nSPS) is 16.1. The number of fused-ring (bicyclic) bond motifs is 1. The van der Waals surface area contributed by atoms with E-state index in [0.717, 1.165) is 4.90 Å². The molecule has 5 rings (SSSR count). The van der Waals surface area contributed by atoms with Gasteiger partial charge in [0.15, 0.2) is 0 Å². The number of nitriles is 1. The van der Waals surface area contributed by atoms with Crippen molar-refractivity contribution in [2.24, 2.45) is 0 Å². The van der Waals surface area contributed by atoms with Crippen LogP contribution in [0.5, 0.6) is 5.75 Å². The zero-order valence-corrected chi connectivity index (χ0v) is 56.1. The van der Waals surface area contributed by atoms with Gasteiger partial charge in [-0.1, -0.05) is 0 Å². The zero-order chi connectivity index (χ0) is 75.8. The summed E-state index contributed by atoms with van der Waals surface area (Å²) in [5.41, 5.74) is 0.788. The van der Waals surface area contributed by atoms with Crippen LogP contribution >= 0.6 is 0 Å². The fourth-order valence-corrected chi connectivity index (χ4v) is 10.8. The van der Waals surface area contributed by atoms with E-state index in [9.17, 15) is 112 Å². The van der Waals surface area contributed by atoms with Gasteiger partial charge in [-0.15, -0.1) is 0 Å². The van der Waals surface area contributed by atoms with E-state index in [2.05, 4.69) is 36.9 Å². The summed E-state index contributed by atoms with van der Waals surface area (Å²) in [5.74, 6) is -16.5. The maximum absolute atomic E-state index is 14.0. The first-order valence-corrected chi connectivity index (χ1v) is 32.8. The van der Waals surface area contributed by atoms with Crippen LogP contribution in [0.3, 0.4) is 0 Å². The molecule has 2 aliphatic rings. The number of halogens is 2. The van der Waals surface area contributed by atoms with Crippen molar-refractivity contribution in [2.75, 3.05) is 130 Å². The number of hydrogen-bond donors (Lipinski definition) is 15. The summed E-state index contributed by atoms with van der Waals surface area (Å²) in [4.78, 5) is 185. The van der Waals surface area contributed by atoms with Crippen LogP contribution in [0.2, 0.25) is 0 Å². The van der Waals surface area contributed by atoms with Gasteiger partial charge in [-0.25, -0.2) is 28.0 Å². The van der Waals surface area contributed by atoms with Crippen molar-refractivity contribution in [1.29, 1.82) is 5.26 Å². The number of anilines is 1. The third-order valence-corrected chi connectivity index (χ3v) is 16.2. The molecule has 0 saturated carbocycles. The number of amides is 8. The molecule has 2 aromatic carbocycles. The van der Waals surface area contributed by atoms with Crippen molar-refractivity contribution in [3.05, 3.63) is 65.4 Å². The van der Waals surface area contributed by atoms with E-state index in [-0.39, 0.29) is 153 Å². The second kappa shape index (κ2) is 41.7. The van der Waals surface area contributed by atoms with E-state index in [4.69, 9.17) is 9.84 Å². The van der Waals surface area contributed by atoms with Gasteiger partial charge in [0.1, 0.15) is 29.9 Å². The minimum atomic E-state index is -3.24. The average molecular weight is 1450 g/mol. The van der Waals surface area contributed by atoms with Crippen molar-refractivity contribution >= 4 is 99.8 Å². The zero-order valence-electron chi connectivity index (χ0n) is 56.1. The lowest BCUT2D eigenvalue weighted by atomic mass is 10.1. The van der Waals surface area contributed by atoms with E-state index >= 15 is 0 Å². The Morgan fingerprint density at radius 2 is 1.07 bits per heavy atom. The Balaban J connectivity index is 1.19.